The Bertz CT molecular complexity index is 1370. The Morgan fingerprint density at radius 1 is 0.864 bits per heavy atom. The molecule has 0 aliphatic heterocycles. The van der Waals surface area contributed by atoms with Crippen molar-refractivity contribution in [2.45, 2.75) is 126 Å². The molecule has 5 aliphatic carbocycles. The molecule has 5 heteroatoms. The summed E-state index contributed by atoms with van der Waals surface area (Å²) >= 11 is 0. The van der Waals surface area contributed by atoms with Crippen LogP contribution in [0.2, 0.25) is 0 Å². The van der Waals surface area contributed by atoms with Crippen molar-refractivity contribution in [2.75, 3.05) is 0 Å². The molecular formula is C39H54O5. The monoisotopic (exact) mass is 602 g/mol. The van der Waals surface area contributed by atoms with Crippen molar-refractivity contribution in [2.24, 2.45) is 50.7 Å². The summed E-state index contributed by atoms with van der Waals surface area (Å²) in [6.07, 6.45) is 8.22. The first-order valence-corrected chi connectivity index (χ1v) is 17.3. The topological polar surface area (TPSA) is 69.7 Å². The number of hydrogen-bond donors (Lipinski definition) is 0. The summed E-state index contributed by atoms with van der Waals surface area (Å²) in [4.78, 5) is 40.0. The van der Waals surface area contributed by atoms with Gasteiger partial charge in [0.25, 0.3) is 0 Å². The molecule has 4 fully saturated rings. The van der Waals surface area contributed by atoms with E-state index >= 15 is 0 Å². The van der Waals surface area contributed by atoms with Gasteiger partial charge in [-0.1, -0.05) is 78.8 Å². The van der Waals surface area contributed by atoms with E-state index in [0.717, 1.165) is 61.7 Å². The molecule has 1 aromatic rings. The number of benzene rings is 1. The van der Waals surface area contributed by atoms with Crippen LogP contribution < -0.4 is 0 Å². The Morgan fingerprint density at radius 2 is 1.57 bits per heavy atom. The Morgan fingerprint density at radius 3 is 2.23 bits per heavy atom. The summed E-state index contributed by atoms with van der Waals surface area (Å²) in [7, 11) is 0. The maximum absolute atomic E-state index is 14.2. The van der Waals surface area contributed by atoms with E-state index in [1.54, 1.807) is 6.92 Å². The van der Waals surface area contributed by atoms with Gasteiger partial charge in [0, 0.05) is 18.8 Å². The number of ether oxygens (including phenoxy) is 2. The molecule has 5 aliphatic rings. The van der Waals surface area contributed by atoms with Crippen LogP contribution in [0.5, 0.6) is 0 Å². The standard InChI is InChI=1S/C39H54O5/c1-24(2)32-28(41)22-39(34(42)43-23-26-12-10-9-11-13-26)21-20-37(7)27(33(32)39)14-15-30-36(6)18-17-31(44-25(3)40)35(4,5)29(36)16-19-38(30,37)8/h9-13,24,27,29-31H,14-23H2,1-8H3/t27?,29?,30?,31-,36-,37+,38+,39+/m0/s1. The van der Waals surface area contributed by atoms with Crippen LogP contribution in [0, 0.1) is 50.7 Å². The lowest BCUT2D eigenvalue weighted by molar-refractivity contribution is -0.233. The normalized spacial score (nSPS) is 40.9. The maximum Gasteiger partial charge on any atom is 0.317 e. The van der Waals surface area contributed by atoms with E-state index in [2.05, 4.69) is 48.5 Å². The smallest absolute Gasteiger partial charge is 0.317 e. The minimum atomic E-state index is -0.829. The van der Waals surface area contributed by atoms with E-state index in [1.165, 1.54) is 0 Å². The number of rotatable bonds is 5. The largest absolute Gasteiger partial charge is 0.462 e. The average Bonchev–Trinajstić information content (AvgIpc) is 3.27. The average molecular weight is 603 g/mol. The third-order valence-corrected chi connectivity index (χ3v) is 14.3. The van der Waals surface area contributed by atoms with Crippen LogP contribution in [0.1, 0.15) is 119 Å². The summed E-state index contributed by atoms with van der Waals surface area (Å²) in [6, 6.07) is 9.87. The predicted molar refractivity (Wildman–Crippen MR) is 171 cm³/mol. The van der Waals surface area contributed by atoms with Crippen molar-refractivity contribution in [3.05, 3.63) is 47.0 Å². The molecule has 0 bridgehead atoms. The number of carbonyl (C=O) groups is 3. The van der Waals surface area contributed by atoms with E-state index in [1.807, 2.05) is 30.3 Å². The number of hydrogen-bond acceptors (Lipinski definition) is 5. The van der Waals surface area contributed by atoms with Crippen molar-refractivity contribution >= 4 is 17.7 Å². The highest BCUT2D eigenvalue weighted by atomic mass is 16.5. The van der Waals surface area contributed by atoms with E-state index in [4.69, 9.17) is 9.47 Å². The third kappa shape index (κ3) is 4.33. The minimum Gasteiger partial charge on any atom is -0.462 e. The fourth-order valence-electron chi connectivity index (χ4n) is 12.1. The molecule has 4 saturated carbocycles. The lowest BCUT2D eigenvalue weighted by Gasteiger charge is -2.72. The molecule has 5 nitrogen and oxygen atoms in total. The van der Waals surface area contributed by atoms with Crippen molar-refractivity contribution in [3.63, 3.8) is 0 Å². The molecule has 0 aromatic heterocycles. The Balaban J connectivity index is 1.36. The molecule has 0 saturated heterocycles. The van der Waals surface area contributed by atoms with Gasteiger partial charge in [-0.3, -0.25) is 14.4 Å². The molecule has 3 unspecified atom stereocenters. The molecular weight excluding hydrogens is 548 g/mol. The molecule has 6 rings (SSSR count). The van der Waals surface area contributed by atoms with Crippen LogP contribution in [0.3, 0.4) is 0 Å². The van der Waals surface area contributed by atoms with Gasteiger partial charge in [0.05, 0.1) is 5.41 Å². The second kappa shape index (κ2) is 10.6. The maximum atomic E-state index is 14.2. The fraction of sp³-hybridized carbons (Fsp3) is 0.718. The summed E-state index contributed by atoms with van der Waals surface area (Å²) < 4.78 is 12.0. The SMILES string of the molecule is CC(=O)O[C@H]1CC[C@@]2(C)C(CC[C@]3(C)C2CCC2C4=C(C(C)C)C(=O)C[C@]4(C(=O)OCc4ccccc4)CC[C@]23C)C1(C)C. The van der Waals surface area contributed by atoms with Gasteiger partial charge >= 0.3 is 11.9 Å². The van der Waals surface area contributed by atoms with Crippen LogP contribution in [0.4, 0.5) is 0 Å². The second-order valence-electron chi connectivity index (χ2n) is 16.8. The van der Waals surface area contributed by atoms with Gasteiger partial charge in [-0.25, -0.2) is 0 Å². The van der Waals surface area contributed by atoms with Crippen molar-refractivity contribution in [1.82, 2.24) is 0 Å². The minimum absolute atomic E-state index is 0.00985. The molecule has 0 heterocycles. The second-order valence-corrected chi connectivity index (χ2v) is 16.8. The number of allylic oxidation sites excluding steroid dienone is 1. The van der Waals surface area contributed by atoms with Crippen LogP contribution >= 0.6 is 0 Å². The quantitative estimate of drug-likeness (QED) is 0.316. The van der Waals surface area contributed by atoms with E-state index in [-0.39, 0.29) is 70.3 Å². The van der Waals surface area contributed by atoms with Crippen LogP contribution in [0.25, 0.3) is 0 Å². The zero-order valence-corrected chi connectivity index (χ0v) is 28.4. The molecule has 44 heavy (non-hydrogen) atoms. The summed E-state index contributed by atoms with van der Waals surface area (Å²) in [6.45, 7) is 18.3. The molecule has 0 amide bonds. The van der Waals surface area contributed by atoms with Gasteiger partial charge in [0.2, 0.25) is 0 Å². The first-order valence-electron chi connectivity index (χ1n) is 17.3. The van der Waals surface area contributed by atoms with Gasteiger partial charge in [0.15, 0.2) is 5.78 Å². The zero-order valence-electron chi connectivity index (χ0n) is 28.4. The van der Waals surface area contributed by atoms with Crippen LogP contribution in [-0.4, -0.2) is 23.8 Å². The molecule has 8 atom stereocenters. The van der Waals surface area contributed by atoms with Crippen molar-refractivity contribution in [1.29, 1.82) is 0 Å². The van der Waals surface area contributed by atoms with Crippen molar-refractivity contribution in [3.8, 4) is 0 Å². The van der Waals surface area contributed by atoms with Crippen LogP contribution in [-0.2, 0) is 30.5 Å². The first kappa shape index (κ1) is 31.5. The number of esters is 2. The first-order chi connectivity index (χ1) is 20.6. The van der Waals surface area contributed by atoms with Gasteiger partial charge in [0.1, 0.15) is 12.7 Å². The highest BCUT2D eigenvalue weighted by Crippen LogP contribution is 2.76. The lowest BCUT2D eigenvalue weighted by Crippen LogP contribution is -2.66. The number of carbonyl (C=O) groups excluding carboxylic acids is 3. The van der Waals surface area contributed by atoms with E-state index in [0.29, 0.717) is 18.3 Å². The zero-order chi connectivity index (χ0) is 31.9. The Hall–Kier alpha value is -2.43. The van der Waals surface area contributed by atoms with Gasteiger partial charge in [-0.15, -0.1) is 0 Å². The summed E-state index contributed by atoms with van der Waals surface area (Å²) in [5.74, 6) is 1.11. The van der Waals surface area contributed by atoms with Crippen molar-refractivity contribution < 1.29 is 23.9 Å². The van der Waals surface area contributed by atoms with E-state index < -0.39 is 5.41 Å². The number of ketones is 1. The molecule has 0 N–H and O–H groups in total. The summed E-state index contributed by atoms with van der Waals surface area (Å²) in [5, 5.41) is 0. The highest BCUT2D eigenvalue weighted by Gasteiger charge is 2.71. The molecule has 240 valence electrons. The molecule has 1 aromatic carbocycles. The predicted octanol–water partition coefficient (Wildman–Crippen LogP) is 8.64. The Kier molecular flexibility index (Phi) is 7.57. The highest BCUT2D eigenvalue weighted by molar-refractivity contribution is 6.06. The number of Topliss-reactive ketones (excluding diaryl/α,β-unsaturated/α-hetero) is 1. The fourth-order valence-corrected chi connectivity index (χ4v) is 12.1. The van der Waals surface area contributed by atoms with E-state index in [9.17, 15) is 14.4 Å². The molecule has 0 radical (unpaired) electrons. The Labute approximate surface area is 264 Å². The number of fused-ring (bicyclic) bond motifs is 7. The van der Waals surface area contributed by atoms with Gasteiger partial charge in [-0.2, -0.15) is 0 Å². The lowest BCUT2D eigenvalue weighted by atomic mass is 9.33. The van der Waals surface area contributed by atoms with Crippen LogP contribution in [0.15, 0.2) is 41.5 Å². The summed E-state index contributed by atoms with van der Waals surface area (Å²) in [5.41, 5.74) is 2.37. The van der Waals surface area contributed by atoms with Gasteiger partial charge < -0.3 is 9.47 Å². The third-order valence-electron chi connectivity index (χ3n) is 14.3. The van der Waals surface area contributed by atoms with Gasteiger partial charge in [-0.05, 0) is 108 Å². The molecule has 0 spiro atoms.